The van der Waals surface area contributed by atoms with Gasteiger partial charge >= 0.3 is 0 Å². The number of carbonyl (C=O) groups is 1. The minimum absolute atomic E-state index is 0.0248. The lowest BCUT2D eigenvalue weighted by Gasteiger charge is -2.11. The summed E-state index contributed by atoms with van der Waals surface area (Å²) in [5, 5.41) is 13.0. The summed E-state index contributed by atoms with van der Waals surface area (Å²) in [4.78, 5) is 12.1. The van der Waals surface area contributed by atoms with E-state index in [2.05, 4.69) is 26.9 Å². The van der Waals surface area contributed by atoms with Gasteiger partial charge in [-0.05, 0) is 18.6 Å². The lowest BCUT2D eigenvalue weighted by Crippen LogP contribution is -2.38. The third-order valence-corrected chi connectivity index (χ3v) is 3.48. The molecule has 0 saturated carbocycles. The zero-order chi connectivity index (χ0) is 13.2. The molecule has 19 heavy (non-hydrogen) atoms. The van der Waals surface area contributed by atoms with Gasteiger partial charge in [0, 0.05) is 29.9 Å². The molecule has 1 aromatic carbocycles. The van der Waals surface area contributed by atoms with Crippen LogP contribution in [-0.2, 0) is 17.8 Å². The summed E-state index contributed by atoms with van der Waals surface area (Å²) in [5.41, 5.74) is 4.26. The van der Waals surface area contributed by atoms with E-state index in [-0.39, 0.29) is 11.9 Å². The van der Waals surface area contributed by atoms with E-state index in [1.165, 1.54) is 5.56 Å². The Hall–Kier alpha value is -2.30. The number of anilines is 1. The highest BCUT2D eigenvalue weighted by Gasteiger charge is 2.25. The van der Waals surface area contributed by atoms with Crippen LogP contribution < -0.4 is 10.6 Å². The van der Waals surface area contributed by atoms with Crippen LogP contribution in [0.1, 0.15) is 16.8 Å². The number of H-pyrrole nitrogens is 1. The first-order valence-electron chi connectivity index (χ1n) is 6.35. The molecule has 0 bridgehead atoms. The fourth-order valence-corrected chi connectivity index (χ4v) is 2.32. The number of benzene rings is 1. The second-order valence-corrected chi connectivity index (χ2v) is 4.80. The van der Waals surface area contributed by atoms with Gasteiger partial charge in [-0.25, -0.2) is 0 Å². The molecule has 98 valence electrons. The molecule has 1 amide bonds. The van der Waals surface area contributed by atoms with E-state index in [9.17, 15) is 4.79 Å². The quantitative estimate of drug-likeness (QED) is 0.777. The molecule has 1 aliphatic heterocycles. The second-order valence-electron chi connectivity index (χ2n) is 4.80. The maximum Gasteiger partial charge on any atom is 0.243 e. The Morgan fingerprint density at radius 3 is 3.05 bits per heavy atom. The van der Waals surface area contributed by atoms with E-state index < -0.39 is 0 Å². The molecule has 5 nitrogen and oxygen atoms in total. The lowest BCUT2D eigenvalue weighted by atomic mass is 10.1. The average Bonchev–Trinajstić information content (AvgIpc) is 3.01. The van der Waals surface area contributed by atoms with Crippen molar-refractivity contribution in [2.24, 2.45) is 0 Å². The summed E-state index contributed by atoms with van der Waals surface area (Å²) in [6, 6.07) is 7.85. The van der Waals surface area contributed by atoms with Gasteiger partial charge in [-0.2, -0.15) is 5.10 Å². The van der Waals surface area contributed by atoms with Crippen molar-refractivity contribution in [2.45, 2.75) is 25.9 Å². The third-order valence-electron chi connectivity index (χ3n) is 3.48. The number of aromatic nitrogens is 2. The van der Waals surface area contributed by atoms with E-state index in [4.69, 9.17) is 0 Å². The molecule has 5 heteroatoms. The van der Waals surface area contributed by atoms with E-state index in [0.717, 1.165) is 23.4 Å². The standard InChI is InChI=1S/C14H16N4O/c1-9-11(8-16-18-9)7-15-14(19)13-6-10-4-2-3-5-12(10)17-13/h2-5,8,13,17H,6-7H2,1H3,(H,15,19)(H,16,18). The third kappa shape index (κ3) is 2.31. The Bertz CT molecular complexity index is 580. The van der Waals surface area contributed by atoms with Gasteiger partial charge in [-0.1, -0.05) is 18.2 Å². The second kappa shape index (κ2) is 4.76. The highest BCUT2D eigenvalue weighted by atomic mass is 16.2. The first-order chi connectivity index (χ1) is 9.24. The maximum absolute atomic E-state index is 12.1. The molecular weight excluding hydrogens is 240 g/mol. The van der Waals surface area contributed by atoms with Crippen molar-refractivity contribution in [2.75, 3.05) is 5.32 Å². The average molecular weight is 256 g/mol. The number of amides is 1. The number of carbonyl (C=O) groups excluding carboxylic acids is 1. The van der Waals surface area contributed by atoms with Crippen LogP contribution in [-0.4, -0.2) is 22.1 Å². The fourth-order valence-electron chi connectivity index (χ4n) is 2.32. The Kier molecular flexibility index (Phi) is 2.95. The predicted molar refractivity (Wildman–Crippen MR) is 72.7 cm³/mol. The van der Waals surface area contributed by atoms with Crippen LogP contribution in [0.25, 0.3) is 0 Å². The van der Waals surface area contributed by atoms with Crippen molar-refractivity contribution in [1.82, 2.24) is 15.5 Å². The van der Waals surface area contributed by atoms with Crippen LogP contribution in [0.2, 0.25) is 0 Å². The van der Waals surface area contributed by atoms with Crippen molar-refractivity contribution < 1.29 is 4.79 Å². The number of hydrogen-bond acceptors (Lipinski definition) is 3. The van der Waals surface area contributed by atoms with Crippen LogP contribution in [0.15, 0.2) is 30.5 Å². The first-order valence-corrected chi connectivity index (χ1v) is 6.35. The molecule has 0 saturated heterocycles. The molecule has 1 unspecified atom stereocenters. The van der Waals surface area contributed by atoms with Crippen LogP contribution in [0.3, 0.4) is 0 Å². The van der Waals surface area contributed by atoms with Crippen molar-refractivity contribution in [3.05, 3.63) is 47.3 Å². The summed E-state index contributed by atoms with van der Waals surface area (Å²) in [6.45, 7) is 2.45. The molecule has 0 aliphatic carbocycles. The molecule has 0 fully saturated rings. The normalized spacial score (nSPS) is 16.8. The van der Waals surface area contributed by atoms with Gasteiger partial charge in [0.2, 0.25) is 5.91 Å². The number of nitrogens with one attached hydrogen (secondary N) is 3. The zero-order valence-corrected chi connectivity index (χ0v) is 10.7. The molecule has 3 N–H and O–H groups in total. The van der Waals surface area contributed by atoms with Crippen LogP contribution in [0.4, 0.5) is 5.69 Å². The van der Waals surface area contributed by atoms with E-state index in [1.807, 2.05) is 25.1 Å². The number of para-hydroxylation sites is 1. The van der Waals surface area contributed by atoms with Crippen LogP contribution in [0, 0.1) is 6.92 Å². The SMILES string of the molecule is Cc1[nH]ncc1CNC(=O)C1Cc2ccccc2N1. The van der Waals surface area contributed by atoms with E-state index >= 15 is 0 Å². The first kappa shape index (κ1) is 11.8. The molecule has 0 radical (unpaired) electrons. The summed E-state index contributed by atoms with van der Waals surface area (Å²) >= 11 is 0. The number of rotatable bonds is 3. The summed E-state index contributed by atoms with van der Waals surface area (Å²) in [7, 11) is 0. The lowest BCUT2D eigenvalue weighted by molar-refractivity contribution is -0.121. The van der Waals surface area contributed by atoms with Crippen molar-refractivity contribution >= 4 is 11.6 Å². The summed E-state index contributed by atoms with van der Waals surface area (Å²) < 4.78 is 0. The predicted octanol–water partition coefficient (Wildman–Crippen LogP) is 1.37. The minimum Gasteiger partial charge on any atom is -0.373 e. The number of hydrogen-bond donors (Lipinski definition) is 3. The van der Waals surface area contributed by atoms with Crippen LogP contribution >= 0.6 is 0 Å². The Morgan fingerprint density at radius 1 is 1.47 bits per heavy atom. The summed E-state index contributed by atoms with van der Waals surface area (Å²) in [5.74, 6) is 0.0248. The van der Waals surface area contributed by atoms with Crippen molar-refractivity contribution in [3.8, 4) is 0 Å². The van der Waals surface area contributed by atoms with Crippen molar-refractivity contribution in [1.29, 1.82) is 0 Å². The molecule has 1 aromatic heterocycles. The van der Waals surface area contributed by atoms with Gasteiger partial charge in [-0.15, -0.1) is 0 Å². The maximum atomic E-state index is 12.1. The molecule has 3 rings (SSSR count). The molecule has 1 atom stereocenters. The van der Waals surface area contributed by atoms with Gasteiger partial charge < -0.3 is 10.6 Å². The molecular formula is C14H16N4O. The number of aryl methyl sites for hydroxylation is 1. The van der Waals surface area contributed by atoms with Gasteiger partial charge in [0.25, 0.3) is 0 Å². The number of aromatic amines is 1. The molecule has 2 aromatic rings. The Balaban J connectivity index is 1.60. The number of fused-ring (bicyclic) bond motifs is 1. The van der Waals surface area contributed by atoms with E-state index in [1.54, 1.807) is 6.20 Å². The smallest absolute Gasteiger partial charge is 0.243 e. The van der Waals surface area contributed by atoms with Gasteiger partial charge in [-0.3, -0.25) is 9.89 Å². The molecule has 1 aliphatic rings. The zero-order valence-electron chi connectivity index (χ0n) is 10.7. The summed E-state index contributed by atoms with van der Waals surface area (Å²) in [6.07, 6.45) is 2.48. The van der Waals surface area contributed by atoms with Crippen LogP contribution in [0.5, 0.6) is 0 Å². The minimum atomic E-state index is -0.176. The van der Waals surface area contributed by atoms with Gasteiger partial charge in [0.15, 0.2) is 0 Å². The van der Waals surface area contributed by atoms with Gasteiger partial charge in [0.05, 0.1) is 6.20 Å². The number of nitrogens with zero attached hydrogens (tertiary/aromatic N) is 1. The monoisotopic (exact) mass is 256 g/mol. The molecule has 0 spiro atoms. The highest BCUT2D eigenvalue weighted by Crippen LogP contribution is 2.25. The van der Waals surface area contributed by atoms with E-state index in [0.29, 0.717) is 6.54 Å². The Labute approximate surface area is 111 Å². The largest absolute Gasteiger partial charge is 0.373 e. The fraction of sp³-hybridized carbons (Fsp3) is 0.286. The topological polar surface area (TPSA) is 69.8 Å². The Morgan fingerprint density at radius 2 is 2.32 bits per heavy atom. The highest BCUT2D eigenvalue weighted by molar-refractivity contribution is 5.87. The molecule has 2 heterocycles. The van der Waals surface area contributed by atoms with Crippen molar-refractivity contribution in [3.63, 3.8) is 0 Å². The van der Waals surface area contributed by atoms with Gasteiger partial charge in [0.1, 0.15) is 6.04 Å².